The molecular weight excluding hydrogens is 380 g/mol. The van der Waals surface area contributed by atoms with Crippen LogP contribution in [0.3, 0.4) is 0 Å². The molecule has 0 radical (unpaired) electrons. The maximum atomic E-state index is 12.7. The van der Waals surface area contributed by atoms with E-state index in [1.165, 1.54) is 0 Å². The van der Waals surface area contributed by atoms with Crippen molar-refractivity contribution in [1.82, 2.24) is 5.32 Å². The van der Waals surface area contributed by atoms with Gasteiger partial charge in [0.05, 0.1) is 19.3 Å². The Labute approximate surface area is 169 Å². The minimum Gasteiger partial charge on any atom is -0.496 e. The Bertz CT molecular complexity index is 871. The number of benzene rings is 2. The molecule has 0 unspecified atom stereocenters. The van der Waals surface area contributed by atoms with Crippen molar-refractivity contribution in [3.05, 3.63) is 53.1 Å². The van der Waals surface area contributed by atoms with Crippen molar-refractivity contribution in [2.24, 2.45) is 0 Å². The van der Waals surface area contributed by atoms with E-state index in [4.69, 9.17) is 21.1 Å². The summed E-state index contributed by atoms with van der Waals surface area (Å²) in [5, 5.41) is 3.37. The number of halogens is 1. The van der Waals surface area contributed by atoms with Crippen LogP contribution in [0.4, 0.5) is 5.69 Å². The van der Waals surface area contributed by atoms with Crippen LogP contribution in [0.1, 0.15) is 25.3 Å². The van der Waals surface area contributed by atoms with Crippen LogP contribution in [0.25, 0.3) is 0 Å². The van der Waals surface area contributed by atoms with E-state index in [0.717, 1.165) is 11.3 Å². The van der Waals surface area contributed by atoms with Crippen LogP contribution < -0.4 is 19.7 Å². The molecule has 1 aliphatic rings. The van der Waals surface area contributed by atoms with Gasteiger partial charge in [-0.1, -0.05) is 29.8 Å². The molecule has 7 heteroatoms. The van der Waals surface area contributed by atoms with Crippen molar-refractivity contribution >= 4 is 29.1 Å². The summed E-state index contributed by atoms with van der Waals surface area (Å²) >= 11 is 6.07. The number of ether oxygens (including phenoxy) is 2. The summed E-state index contributed by atoms with van der Waals surface area (Å²) in [4.78, 5) is 26.6. The average molecular weight is 403 g/mol. The zero-order valence-corrected chi connectivity index (χ0v) is 16.7. The van der Waals surface area contributed by atoms with Crippen molar-refractivity contribution in [1.29, 1.82) is 0 Å². The van der Waals surface area contributed by atoms with Gasteiger partial charge in [0, 0.05) is 30.0 Å². The maximum Gasteiger partial charge on any atom is 0.227 e. The van der Waals surface area contributed by atoms with Crippen LogP contribution in [-0.2, 0) is 16.1 Å². The summed E-state index contributed by atoms with van der Waals surface area (Å²) in [6, 6.07) is 12.7. The number of hydrogen-bond donors (Lipinski definition) is 1. The molecule has 1 aliphatic heterocycles. The largest absolute Gasteiger partial charge is 0.496 e. The second-order valence-electron chi connectivity index (χ2n) is 6.63. The van der Waals surface area contributed by atoms with E-state index in [0.29, 0.717) is 29.5 Å². The molecule has 0 aliphatic carbocycles. The molecular formula is C21H23ClN2O4. The van der Waals surface area contributed by atoms with Crippen LogP contribution in [0.5, 0.6) is 11.5 Å². The fourth-order valence-corrected chi connectivity index (χ4v) is 3.30. The predicted octanol–water partition coefficient (Wildman–Crippen LogP) is 3.56. The third kappa shape index (κ3) is 4.75. The Morgan fingerprint density at radius 2 is 2.04 bits per heavy atom. The van der Waals surface area contributed by atoms with Gasteiger partial charge >= 0.3 is 0 Å². The lowest BCUT2D eigenvalue weighted by Gasteiger charge is -2.33. The van der Waals surface area contributed by atoms with Crippen LogP contribution in [0.15, 0.2) is 42.5 Å². The van der Waals surface area contributed by atoms with Crippen LogP contribution in [0.2, 0.25) is 5.02 Å². The number of carbonyl (C=O) groups is 2. The van der Waals surface area contributed by atoms with E-state index in [1.807, 2.05) is 31.2 Å². The van der Waals surface area contributed by atoms with Crippen molar-refractivity contribution in [3.8, 4) is 11.5 Å². The standard InChI is InChI=1S/C21H23ClN2O4/c1-14-13-24(17-11-16(22)7-8-19(17)28-14)21(26)10-9-20(25)23-12-15-5-3-4-6-18(15)27-2/h3-8,11,14H,9-10,12-13H2,1-2H3,(H,23,25)/t14-/m1/s1. The number of para-hydroxylation sites is 1. The number of rotatable bonds is 6. The number of anilines is 1. The van der Waals surface area contributed by atoms with Gasteiger partial charge in [-0.25, -0.2) is 0 Å². The molecule has 28 heavy (non-hydrogen) atoms. The van der Waals surface area contributed by atoms with Crippen molar-refractivity contribution in [3.63, 3.8) is 0 Å². The number of nitrogens with zero attached hydrogens (tertiary/aromatic N) is 1. The minimum atomic E-state index is -0.188. The van der Waals surface area contributed by atoms with E-state index in [-0.39, 0.29) is 30.8 Å². The van der Waals surface area contributed by atoms with E-state index >= 15 is 0 Å². The number of carbonyl (C=O) groups excluding carboxylic acids is 2. The second kappa shape index (κ2) is 8.97. The highest BCUT2D eigenvalue weighted by molar-refractivity contribution is 6.31. The predicted molar refractivity (Wildman–Crippen MR) is 108 cm³/mol. The first-order valence-electron chi connectivity index (χ1n) is 9.13. The normalized spacial score (nSPS) is 15.4. The Morgan fingerprint density at radius 1 is 1.25 bits per heavy atom. The summed E-state index contributed by atoms with van der Waals surface area (Å²) in [7, 11) is 1.59. The Kier molecular flexibility index (Phi) is 6.41. The SMILES string of the molecule is COc1ccccc1CNC(=O)CCC(=O)N1C[C@@H](C)Oc2ccc(Cl)cc21. The molecule has 2 aromatic rings. The van der Waals surface area contributed by atoms with Crippen molar-refractivity contribution in [2.45, 2.75) is 32.4 Å². The third-order valence-corrected chi connectivity index (χ3v) is 4.75. The number of nitrogens with one attached hydrogen (secondary N) is 1. The Balaban J connectivity index is 1.57. The molecule has 1 N–H and O–H groups in total. The minimum absolute atomic E-state index is 0.107. The molecule has 0 fully saturated rings. The van der Waals surface area contributed by atoms with Gasteiger partial charge in [0.15, 0.2) is 0 Å². The lowest BCUT2D eigenvalue weighted by atomic mass is 10.1. The lowest BCUT2D eigenvalue weighted by Crippen LogP contribution is -2.42. The number of amides is 2. The van der Waals surface area contributed by atoms with Crippen LogP contribution >= 0.6 is 11.6 Å². The molecule has 0 saturated heterocycles. The average Bonchev–Trinajstić information content (AvgIpc) is 2.70. The topological polar surface area (TPSA) is 67.9 Å². The number of hydrogen-bond acceptors (Lipinski definition) is 4. The molecule has 3 rings (SSSR count). The maximum absolute atomic E-state index is 12.7. The first-order chi connectivity index (χ1) is 13.5. The molecule has 6 nitrogen and oxygen atoms in total. The highest BCUT2D eigenvalue weighted by Crippen LogP contribution is 2.36. The molecule has 2 aromatic carbocycles. The Morgan fingerprint density at radius 3 is 2.82 bits per heavy atom. The van der Waals surface area contributed by atoms with Gasteiger partial charge in [-0.15, -0.1) is 0 Å². The number of methoxy groups -OCH3 is 1. The van der Waals surface area contributed by atoms with Gasteiger partial charge in [0.1, 0.15) is 17.6 Å². The zero-order chi connectivity index (χ0) is 20.1. The van der Waals surface area contributed by atoms with Gasteiger partial charge in [-0.3, -0.25) is 9.59 Å². The molecule has 0 spiro atoms. The fourth-order valence-electron chi connectivity index (χ4n) is 3.13. The first-order valence-corrected chi connectivity index (χ1v) is 9.51. The molecule has 1 atom stereocenters. The van der Waals surface area contributed by atoms with Gasteiger partial charge in [0.25, 0.3) is 0 Å². The third-order valence-electron chi connectivity index (χ3n) is 4.52. The molecule has 0 saturated carbocycles. The highest BCUT2D eigenvalue weighted by atomic mass is 35.5. The molecule has 148 valence electrons. The first kappa shape index (κ1) is 20.0. The van der Waals surface area contributed by atoms with E-state index in [1.54, 1.807) is 30.2 Å². The summed E-state index contributed by atoms with van der Waals surface area (Å²) in [5.74, 6) is 1.02. The second-order valence-corrected chi connectivity index (χ2v) is 7.07. The van der Waals surface area contributed by atoms with E-state index < -0.39 is 0 Å². The molecule has 1 heterocycles. The molecule has 0 bridgehead atoms. The van der Waals surface area contributed by atoms with Crippen LogP contribution in [-0.4, -0.2) is 31.6 Å². The summed E-state index contributed by atoms with van der Waals surface area (Å²) in [6.07, 6.45) is 0.0866. The van der Waals surface area contributed by atoms with Crippen molar-refractivity contribution in [2.75, 3.05) is 18.6 Å². The highest BCUT2D eigenvalue weighted by Gasteiger charge is 2.28. The van der Waals surface area contributed by atoms with Gasteiger partial charge < -0.3 is 19.7 Å². The molecule has 0 aromatic heterocycles. The number of fused-ring (bicyclic) bond motifs is 1. The van der Waals surface area contributed by atoms with Gasteiger partial charge in [0.2, 0.25) is 11.8 Å². The Hall–Kier alpha value is -2.73. The monoisotopic (exact) mass is 402 g/mol. The summed E-state index contributed by atoms with van der Waals surface area (Å²) < 4.78 is 11.0. The van der Waals surface area contributed by atoms with Crippen LogP contribution in [0, 0.1) is 0 Å². The quantitative estimate of drug-likeness (QED) is 0.802. The summed E-state index contributed by atoms with van der Waals surface area (Å²) in [6.45, 7) is 2.68. The zero-order valence-electron chi connectivity index (χ0n) is 15.9. The molecule has 2 amide bonds. The fraction of sp³-hybridized carbons (Fsp3) is 0.333. The van der Waals surface area contributed by atoms with Gasteiger partial charge in [-0.2, -0.15) is 0 Å². The van der Waals surface area contributed by atoms with E-state index in [2.05, 4.69) is 5.32 Å². The van der Waals surface area contributed by atoms with Crippen molar-refractivity contribution < 1.29 is 19.1 Å². The van der Waals surface area contributed by atoms with Gasteiger partial charge in [-0.05, 0) is 31.2 Å². The smallest absolute Gasteiger partial charge is 0.227 e. The summed E-state index contributed by atoms with van der Waals surface area (Å²) in [5.41, 5.74) is 1.53. The van der Waals surface area contributed by atoms with E-state index in [9.17, 15) is 9.59 Å². The lowest BCUT2D eigenvalue weighted by molar-refractivity contribution is -0.125.